The van der Waals surface area contributed by atoms with E-state index in [1.54, 1.807) is 4.31 Å². The van der Waals surface area contributed by atoms with Gasteiger partial charge in [0.2, 0.25) is 0 Å². The van der Waals surface area contributed by atoms with Gasteiger partial charge in [0.15, 0.2) is 0 Å². The fraction of sp³-hybridized carbons (Fsp3) is 0.538. The van der Waals surface area contributed by atoms with Gasteiger partial charge >= 0.3 is 0 Å². The summed E-state index contributed by atoms with van der Waals surface area (Å²) in [6, 6.07) is 9.62. The number of benzene rings is 1. The van der Waals surface area contributed by atoms with E-state index in [2.05, 4.69) is 0 Å². The zero-order valence-corrected chi connectivity index (χ0v) is 11.8. The molecule has 1 aromatic carbocycles. The molecule has 0 bridgehead atoms. The maximum atomic E-state index is 12.5. The van der Waals surface area contributed by atoms with Gasteiger partial charge in [-0.05, 0) is 18.4 Å². The summed E-state index contributed by atoms with van der Waals surface area (Å²) in [5.41, 5.74) is 6.54. The molecule has 1 fully saturated rings. The molecule has 19 heavy (non-hydrogen) atoms. The molecule has 1 aromatic rings. The van der Waals surface area contributed by atoms with Gasteiger partial charge in [-0.3, -0.25) is 0 Å². The number of rotatable bonds is 6. The molecule has 0 aromatic heterocycles. The molecule has 1 aliphatic heterocycles. The van der Waals surface area contributed by atoms with Crippen molar-refractivity contribution in [1.29, 1.82) is 0 Å². The van der Waals surface area contributed by atoms with E-state index < -0.39 is 10.2 Å². The van der Waals surface area contributed by atoms with Crippen LogP contribution in [0.1, 0.15) is 18.4 Å². The lowest BCUT2D eigenvalue weighted by molar-refractivity contribution is 0.360. The minimum atomic E-state index is -3.37. The first-order chi connectivity index (χ1) is 9.14. The Balaban J connectivity index is 2.15. The third kappa shape index (κ3) is 3.54. The zero-order valence-electron chi connectivity index (χ0n) is 11.0. The van der Waals surface area contributed by atoms with Gasteiger partial charge in [-0.2, -0.15) is 17.0 Å². The maximum absolute atomic E-state index is 12.5. The minimum absolute atomic E-state index is 0.333. The summed E-state index contributed by atoms with van der Waals surface area (Å²) in [6.07, 6.45) is 1.89. The van der Waals surface area contributed by atoms with E-state index >= 15 is 0 Å². The highest BCUT2D eigenvalue weighted by molar-refractivity contribution is 7.86. The van der Waals surface area contributed by atoms with Crippen LogP contribution in [0, 0.1) is 0 Å². The zero-order chi connectivity index (χ0) is 13.7. The maximum Gasteiger partial charge on any atom is 0.282 e. The van der Waals surface area contributed by atoms with Crippen LogP contribution in [-0.4, -0.2) is 43.2 Å². The van der Waals surface area contributed by atoms with Crippen molar-refractivity contribution >= 4 is 10.2 Å². The second-order valence-corrected chi connectivity index (χ2v) is 6.65. The van der Waals surface area contributed by atoms with E-state index in [0.717, 1.165) is 18.4 Å². The largest absolute Gasteiger partial charge is 0.329 e. The highest BCUT2D eigenvalue weighted by Crippen LogP contribution is 2.18. The number of nitrogens with zero attached hydrogens (tertiary/aromatic N) is 2. The number of hydrogen-bond acceptors (Lipinski definition) is 3. The van der Waals surface area contributed by atoms with Crippen LogP contribution in [0.15, 0.2) is 30.3 Å². The Bertz CT molecular complexity index is 484. The minimum Gasteiger partial charge on any atom is -0.329 e. The molecule has 0 spiro atoms. The topological polar surface area (TPSA) is 66.6 Å². The monoisotopic (exact) mass is 283 g/mol. The summed E-state index contributed by atoms with van der Waals surface area (Å²) in [5.74, 6) is 0. The lowest BCUT2D eigenvalue weighted by Gasteiger charge is -2.26. The van der Waals surface area contributed by atoms with E-state index in [1.165, 1.54) is 4.31 Å². The van der Waals surface area contributed by atoms with Crippen LogP contribution in [0.5, 0.6) is 0 Å². The fourth-order valence-corrected chi connectivity index (χ4v) is 3.98. The summed E-state index contributed by atoms with van der Waals surface area (Å²) < 4.78 is 28.1. The van der Waals surface area contributed by atoms with Gasteiger partial charge in [0.1, 0.15) is 0 Å². The quantitative estimate of drug-likeness (QED) is 0.839. The molecule has 1 heterocycles. The Hall–Kier alpha value is -0.950. The van der Waals surface area contributed by atoms with Crippen LogP contribution in [0.4, 0.5) is 0 Å². The van der Waals surface area contributed by atoms with Crippen molar-refractivity contribution in [3.05, 3.63) is 35.9 Å². The van der Waals surface area contributed by atoms with Crippen molar-refractivity contribution in [3.63, 3.8) is 0 Å². The summed E-state index contributed by atoms with van der Waals surface area (Å²) in [7, 11) is -3.37. The Morgan fingerprint density at radius 3 is 2.37 bits per heavy atom. The van der Waals surface area contributed by atoms with E-state index in [9.17, 15) is 8.42 Å². The molecule has 1 saturated heterocycles. The van der Waals surface area contributed by atoms with Crippen molar-refractivity contribution < 1.29 is 8.42 Å². The van der Waals surface area contributed by atoms with Crippen LogP contribution in [0.3, 0.4) is 0 Å². The van der Waals surface area contributed by atoms with Crippen LogP contribution < -0.4 is 5.73 Å². The third-order valence-corrected chi connectivity index (χ3v) is 5.28. The summed E-state index contributed by atoms with van der Waals surface area (Å²) >= 11 is 0. The lowest BCUT2D eigenvalue weighted by Crippen LogP contribution is -2.44. The molecular weight excluding hydrogens is 262 g/mol. The Kier molecular flexibility index (Phi) is 4.93. The van der Waals surface area contributed by atoms with Crippen molar-refractivity contribution in [2.45, 2.75) is 19.4 Å². The lowest BCUT2D eigenvalue weighted by atomic mass is 10.2. The second kappa shape index (κ2) is 6.47. The van der Waals surface area contributed by atoms with Crippen LogP contribution in [0.25, 0.3) is 0 Å². The molecular formula is C13H21N3O2S. The Labute approximate surface area is 115 Å². The smallest absolute Gasteiger partial charge is 0.282 e. The SMILES string of the molecule is NCCN(Cc1ccccc1)S(=O)(=O)N1CCCC1. The van der Waals surface area contributed by atoms with Gasteiger partial charge in [0, 0.05) is 32.7 Å². The second-order valence-electron chi connectivity index (χ2n) is 4.72. The molecule has 0 aliphatic carbocycles. The Morgan fingerprint density at radius 1 is 1.16 bits per heavy atom. The molecule has 5 nitrogen and oxygen atoms in total. The molecule has 6 heteroatoms. The normalized spacial score (nSPS) is 17.2. The van der Waals surface area contributed by atoms with Gasteiger partial charge in [-0.15, -0.1) is 0 Å². The van der Waals surface area contributed by atoms with Gasteiger partial charge < -0.3 is 5.73 Å². The van der Waals surface area contributed by atoms with Crippen molar-refractivity contribution in [1.82, 2.24) is 8.61 Å². The van der Waals surface area contributed by atoms with Crippen molar-refractivity contribution in [2.75, 3.05) is 26.2 Å². The first kappa shape index (κ1) is 14.5. The highest BCUT2D eigenvalue weighted by Gasteiger charge is 2.31. The average molecular weight is 283 g/mol. The van der Waals surface area contributed by atoms with Crippen LogP contribution >= 0.6 is 0 Å². The molecule has 106 valence electrons. The molecule has 1 aliphatic rings. The van der Waals surface area contributed by atoms with E-state index in [1.807, 2.05) is 30.3 Å². The molecule has 0 atom stereocenters. The molecule has 0 radical (unpaired) electrons. The average Bonchev–Trinajstić information content (AvgIpc) is 2.94. The molecule has 2 rings (SSSR count). The third-order valence-electron chi connectivity index (χ3n) is 3.30. The summed E-state index contributed by atoms with van der Waals surface area (Å²) in [6.45, 7) is 2.32. The molecule has 0 saturated carbocycles. The van der Waals surface area contributed by atoms with Gasteiger partial charge in [-0.25, -0.2) is 0 Å². The van der Waals surface area contributed by atoms with Gasteiger partial charge in [0.05, 0.1) is 0 Å². The first-order valence-corrected chi connectivity index (χ1v) is 8.03. The highest BCUT2D eigenvalue weighted by atomic mass is 32.2. The van der Waals surface area contributed by atoms with Crippen LogP contribution in [0.2, 0.25) is 0 Å². The van der Waals surface area contributed by atoms with Crippen molar-refractivity contribution in [3.8, 4) is 0 Å². The predicted octanol–water partition coefficient (Wildman–Crippen LogP) is 0.788. The molecule has 0 unspecified atom stereocenters. The van der Waals surface area contributed by atoms with Gasteiger partial charge in [0.25, 0.3) is 10.2 Å². The van der Waals surface area contributed by atoms with E-state index in [4.69, 9.17) is 5.73 Å². The predicted molar refractivity (Wildman–Crippen MR) is 75.6 cm³/mol. The number of nitrogens with two attached hydrogens (primary N) is 1. The molecule has 2 N–H and O–H groups in total. The standard InChI is InChI=1S/C13H21N3O2S/c14-8-11-16(12-13-6-2-1-3-7-13)19(17,18)15-9-4-5-10-15/h1-3,6-7H,4-5,8-12,14H2. The summed E-state index contributed by atoms with van der Waals surface area (Å²) in [5, 5.41) is 0. The summed E-state index contributed by atoms with van der Waals surface area (Å²) in [4.78, 5) is 0. The van der Waals surface area contributed by atoms with Gasteiger partial charge in [-0.1, -0.05) is 30.3 Å². The Morgan fingerprint density at radius 2 is 1.79 bits per heavy atom. The molecule has 0 amide bonds. The number of hydrogen-bond donors (Lipinski definition) is 1. The fourth-order valence-electron chi connectivity index (χ4n) is 2.29. The van der Waals surface area contributed by atoms with Crippen LogP contribution in [-0.2, 0) is 16.8 Å². The van der Waals surface area contributed by atoms with E-state index in [-0.39, 0.29) is 0 Å². The van der Waals surface area contributed by atoms with Crippen molar-refractivity contribution in [2.24, 2.45) is 5.73 Å². The first-order valence-electron chi connectivity index (χ1n) is 6.64. The van der Waals surface area contributed by atoms with E-state index in [0.29, 0.717) is 32.7 Å².